The third-order valence-corrected chi connectivity index (χ3v) is 5.28. The highest BCUT2D eigenvalue weighted by molar-refractivity contribution is 7.13. The Hall–Kier alpha value is -3.20. The molecule has 0 aliphatic carbocycles. The number of hydrogen-bond acceptors (Lipinski definition) is 7. The highest BCUT2D eigenvalue weighted by Gasteiger charge is 2.14. The van der Waals surface area contributed by atoms with Crippen molar-refractivity contribution in [1.82, 2.24) is 15.5 Å². The molecule has 2 heterocycles. The van der Waals surface area contributed by atoms with E-state index in [1.165, 1.54) is 11.3 Å². The van der Waals surface area contributed by atoms with E-state index in [1.807, 2.05) is 19.1 Å². The second-order valence-electron chi connectivity index (χ2n) is 6.79. The molecule has 0 fully saturated rings. The first kappa shape index (κ1) is 21.5. The lowest BCUT2D eigenvalue weighted by Gasteiger charge is -2.12. The van der Waals surface area contributed by atoms with Gasteiger partial charge < -0.3 is 19.8 Å². The number of methoxy groups -OCH3 is 1. The molecule has 9 heteroatoms. The first-order valence-corrected chi connectivity index (χ1v) is 10.4. The lowest BCUT2D eigenvalue weighted by molar-refractivity contribution is -0.121. The van der Waals surface area contributed by atoms with Gasteiger partial charge in [-0.15, -0.1) is 10.2 Å². The van der Waals surface area contributed by atoms with Gasteiger partial charge in [-0.1, -0.05) is 11.3 Å². The molecule has 30 heavy (non-hydrogen) atoms. The SMILES string of the molecule is COc1ccc(NC(=O)c2nnc(CCCC(=O)N[C@@H](C)Cc3ccco3)s2)cc1. The van der Waals surface area contributed by atoms with E-state index in [9.17, 15) is 9.59 Å². The minimum atomic E-state index is -0.312. The molecule has 0 saturated carbocycles. The Morgan fingerprint density at radius 2 is 2.00 bits per heavy atom. The topological polar surface area (TPSA) is 106 Å². The number of ether oxygens (including phenoxy) is 1. The largest absolute Gasteiger partial charge is 0.497 e. The van der Waals surface area contributed by atoms with Crippen molar-refractivity contribution in [2.45, 2.75) is 38.6 Å². The third kappa shape index (κ3) is 6.41. The Morgan fingerprint density at radius 1 is 1.20 bits per heavy atom. The summed E-state index contributed by atoms with van der Waals surface area (Å²) in [4.78, 5) is 24.4. The molecule has 2 aromatic heterocycles. The van der Waals surface area contributed by atoms with Crippen molar-refractivity contribution in [3.8, 4) is 5.75 Å². The molecular weight excluding hydrogens is 404 g/mol. The monoisotopic (exact) mass is 428 g/mol. The molecule has 0 bridgehead atoms. The van der Waals surface area contributed by atoms with Crippen LogP contribution in [0.3, 0.4) is 0 Å². The number of nitrogens with one attached hydrogen (secondary N) is 2. The van der Waals surface area contributed by atoms with E-state index >= 15 is 0 Å². The van der Waals surface area contributed by atoms with Crippen LogP contribution in [-0.2, 0) is 17.6 Å². The predicted octanol–water partition coefficient (Wildman–Crippen LogP) is 3.46. The van der Waals surface area contributed by atoms with Crippen LogP contribution in [0.4, 0.5) is 5.69 Å². The molecule has 0 aliphatic rings. The molecule has 8 nitrogen and oxygen atoms in total. The fraction of sp³-hybridized carbons (Fsp3) is 0.333. The smallest absolute Gasteiger partial charge is 0.286 e. The zero-order valence-corrected chi connectivity index (χ0v) is 17.7. The van der Waals surface area contributed by atoms with E-state index in [2.05, 4.69) is 20.8 Å². The van der Waals surface area contributed by atoms with E-state index in [1.54, 1.807) is 37.6 Å². The van der Waals surface area contributed by atoms with Crippen LogP contribution in [0.5, 0.6) is 5.75 Å². The second kappa shape index (κ2) is 10.5. The van der Waals surface area contributed by atoms with Crippen LogP contribution in [0.25, 0.3) is 0 Å². The van der Waals surface area contributed by atoms with Crippen LogP contribution in [0.15, 0.2) is 47.1 Å². The molecule has 0 saturated heterocycles. The zero-order chi connectivity index (χ0) is 21.3. The van der Waals surface area contributed by atoms with Crippen LogP contribution >= 0.6 is 11.3 Å². The minimum absolute atomic E-state index is 0.00145. The van der Waals surface area contributed by atoms with Gasteiger partial charge >= 0.3 is 0 Å². The molecule has 1 atom stereocenters. The molecule has 2 amide bonds. The van der Waals surface area contributed by atoms with Gasteiger partial charge in [0.15, 0.2) is 0 Å². The number of amides is 2. The molecule has 1 aromatic carbocycles. The van der Waals surface area contributed by atoms with Crippen molar-refractivity contribution < 1.29 is 18.7 Å². The van der Waals surface area contributed by atoms with Crippen LogP contribution in [-0.4, -0.2) is 35.2 Å². The highest BCUT2D eigenvalue weighted by atomic mass is 32.1. The van der Waals surface area contributed by atoms with Gasteiger partial charge in [-0.05, 0) is 49.7 Å². The summed E-state index contributed by atoms with van der Waals surface area (Å²) in [6, 6.07) is 10.8. The Kier molecular flexibility index (Phi) is 7.56. The Labute approximate surface area is 178 Å². The maximum absolute atomic E-state index is 12.3. The summed E-state index contributed by atoms with van der Waals surface area (Å²) in [5.74, 6) is 1.23. The molecule has 0 radical (unpaired) electrons. The standard InChI is InChI=1S/C21H24N4O4S/c1-14(13-17-5-4-12-29-17)22-18(26)6-3-7-19-24-25-21(30-19)20(27)23-15-8-10-16(28-2)11-9-15/h4-5,8-12,14H,3,6-7,13H2,1-2H3,(H,22,26)(H,23,27)/t14-/m0/s1. The maximum Gasteiger partial charge on any atom is 0.286 e. The van der Waals surface area contributed by atoms with Crippen molar-refractivity contribution in [3.05, 3.63) is 58.4 Å². The van der Waals surface area contributed by atoms with Crippen molar-refractivity contribution >= 4 is 28.8 Å². The van der Waals surface area contributed by atoms with Gasteiger partial charge in [0.05, 0.1) is 13.4 Å². The number of anilines is 1. The highest BCUT2D eigenvalue weighted by Crippen LogP contribution is 2.18. The lowest BCUT2D eigenvalue weighted by Crippen LogP contribution is -2.33. The van der Waals surface area contributed by atoms with Gasteiger partial charge in [-0.25, -0.2) is 0 Å². The summed E-state index contributed by atoms with van der Waals surface area (Å²) in [7, 11) is 1.58. The molecule has 3 aromatic rings. The summed E-state index contributed by atoms with van der Waals surface area (Å²) in [6.45, 7) is 1.94. The number of carbonyl (C=O) groups excluding carboxylic acids is 2. The average Bonchev–Trinajstić information content (AvgIpc) is 3.40. The van der Waals surface area contributed by atoms with Crippen molar-refractivity contribution in [2.24, 2.45) is 0 Å². The molecular formula is C21H24N4O4S. The van der Waals surface area contributed by atoms with Crippen molar-refractivity contribution in [2.75, 3.05) is 12.4 Å². The number of rotatable bonds is 10. The Morgan fingerprint density at radius 3 is 2.70 bits per heavy atom. The van der Waals surface area contributed by atoms with Crippen LogP contribution < -0.4 is 15.4 Å². The van der Waals surface area contributed by atoms with Crippen molar-refractivity contribution in [1.29, 1.82) is 0 Å². The molecule has 0 unspecified atom stereocenters. The fourth-order valence-electron chi connectivity index (χ4n) is 2.83. The summed E-state index contributed by atoms with van der Waals surface area (Å²) >= 11 is 1.23. The van der Waals surface area contributed by atoms with Crippen molar-refractivity contribution in [3.63, 3.8) is 0 Å². The normalized spacial score (nSPS) is 11.7. The van der Waals surface area contributed by atoms with Crippen LogP contribution in [0.2, 0.25) is 0 Å². The maximum atomic E-state index is 12.3. The molecule has 0 spiro atoms. The quantitative estimate of drug-likeness (QED) is 0.512. The van der Waals surface area contributed by atoms with Gasteiger partial charge in [0.1, 0.15) is 16.5 Å². The Bertz CT molecular complexity index is 954. The summed E-state index contributed by atoms with van der Waals surface area (Å²) < 4.78 is 10.4. The third-order valence-electron chi connectivity index (χ3n) is 4.30. The van der Waals surface area contributed by atoms with E-state index in [-0.39, 0.29) is 22.9 Å². The first-order valence-electron chi connectivity index (χ1n) is 9.63. The number of aryl methyl sites for hydroxylation is 1. The molecule has 3 rings (SSSR count). The summed E-state index contributed by atoms with van der Waals surface area (Å²) in [5.41, 5.74) is 0.651. The van der Waals surface area contributed by atoms with Gasteiger partial charge in [0.2, 0.25) is 10.9 Å². The molecule has 2 N–H and O–H groups in total. The van der Waals surface area contributed by atoms with E-state index in [0.717, 1.165) is 10.8 Å². The number of nitrogens with zero attached hydrogens (tertiary/aromatic N) is 2. The van der Waals surface area contributed by atoms with Gasteiger partial charge in [0, 0.05) is 31.0 Å². The van der Waals surface area contributed by atoms with E-state index in [0.29, 0.717) is 37.1 Å². The van der Waals surface area contributed by atoms with Gasteiger partial charge in [-0.2, -0.15) is 0 Å². The summed E-state index contributed by atoms with van der Waals surface area (Å²) in [5, 5.41) is 14.8. The predicted molar refractivity (Wildman–Crippen MR) is 114 cm³/mol. The second-order valence-corrected chi connectivity index (χ2v) is 7.85. The fourth-order valence-corrected chi connectivity index (χ4v) is 3.61. The summed E-state index contributed by atoms with van der Waals surface area (Å²) in [6.07, 6.45) is 3.89. The first-order chi connectivity index (χ1) is 14.5. The zero-order valence-electron chi connectivity index (χ0n) is 16.9. The van der Waals surface area contributed by atoms with Crippen LogP contribution in [0, 0.1) is 0 Å². The molecule has 0 aliphatic heterocycles. The minimum Gasteiger partial charge on any atom is -0.497 e. The number of furan rings is 1. The van der Waals surface area contributed by atoms with Crippen LogP contribution in [0.1, 0.15) is 40.3 Å². The number of carbonyl (C=O) groups is 2. The molecule has 158 valence electrons. The van der Waals surface area contributed by atoms with E-state index in [4.69, 9.17) is 9.15 Å². The Balaban J connectivity index is 1.40. The average molecular weight is 429 g/mol. The lowest BCUT2D eigenvalue weighted by atomic mass is 10.1. The van der Waals surface area contributed by atoms with Gasteiger partial charge in [0.25, 0.3) is 5.91 Å². The number of aromatic nitrogens is 2. The van der Waals surface area contributed by atoms with E-state index < -0.39 is 0 Å². The number of hydrogen-bond donors (Lipinski definition) is 2. The van der Waals surface area contributed by atoms with Gasteiger partial charge in [-0.3, -0.25) is 9.59 Å². The number of benzene rings is 1.